The number of hydrogen-bond donors (Lipinski definition) is 3. The highest BCUT2D eigenvalue weighted by atomic mass is 16.6. The van der Waals surface area contributed by atoms with E-state index in [-0.39, 0.29) is 17.5 Å². The predicted octanol–water partition coefficient (Wildman–Crippen LogP) is 3.21. The van der Waals surface area contributed by atoms with Gasteiger partial charge in [-0.1, -0.05) is 63.2 Å². The number of esters is 4. The van der Waals surface area contributed by atoms with Crippen LogP contribution in [0, 0.1) is 28.1 Å². The Kier molecular flexibility index (Phi) is 9.63. The van der Waals surface area contributed by atoms with Crippen molar-refractivity contribution < 1.29 is 58.2 Å². The third-order valence-electron chi connectivity index (χ3n) is 11.1. The van der Waals surface area contributed by atoms with Gasteiger partial charge >= 0.3 is 23.9 Å². The van der Waals surface area contributed by atoms with E-state index in [0.717, 1.165) is 13.8 Å². The Hall–Kier alpha value is -4.39. The number of allylic oxidation sites excluding steroid dienone is 1. The Labute approximate surface area is 290 Å². The number of aliphatic hydroxyl groups excluding tert-OH is 2. The molecule has 12 heteroatoms. The standard InChI is InChI=1S/C38H44O12/c1-8-36(6)19-24(49-32(43)22-15-11-9-12-16-22)27-37(7)28(25(41)31(48-21(3)40)38(27,46)34(36)45)35(4,5)29(47-20(2)39)26(42)30(37)50-33(44)23-17-13-10-14-18-23/h8-18,24-31,41-42,46H,1,19H2,2-7H3/t24-,25-,26+,27+,28+,29-,30+,31+,36+,37+,38+/m1/s1. The normalized spacial score (nSPS) is 37.3. The lowest BCUT2D eigenvalue weighted by Gasteiger charge is -2.70. The summed E-state index contributed by atoms with van der Waals surface area (Å²) in [5.74, 6) is -7.12. The Balaban J connectivity index is 1.81. The summed E-state index contributed by atoms with van der Waals surface area (Å²) in [4.78, 5) is 67.3. The molecule has 0 heterocycles. The van der Waals surface area contributed by atoms with Gasteiger partial charge in [0.25, 0.3) is 0 Å². The molecule has 0 spiro atoms. The number of Topliss-reactive ketones (excluding diaryl/α,β-unsaturated/α-hetero) is 1. The SMILES string of the molecule is C=C[C@@]1(C)C[C@@H](OC(=O)c2ccccc2)[C@@H]2[C@@](O)(C1=O)[C@@H](OC(C)=O)[C@H](O)[C@H]1C(C)(C)[C@H](OC(C)=O)[C@H](O)[C@H](OC(=O)c3ccccc3)[C@@]21C. The average molecular weight is 693 g/mol. The van der Waals surface area contributed by atoms with Crippen LogP contribution in [-0.2, 0) is 33.3 Å². The van der Waals surface area contributed by atoms with Crippen LogP contribution in [0.2, 0.25) is 0 Å². The fourth-order valence-electron chi connectivity index (χ4n) is 9.19. The van der Waals surface area contributed by atoms with Crippen LogP contribution < -0.4 is 0 Å². The van der Waals surface area contributed by atoms with Gasteiger partial charge in [0.15, 0.2) is 17.5 Å². The number of fused-ring (bicyclic) bond motifs is 3. The van der Waals surface area contributed by atoms with Crippen LogP contribution in [0.1, 0.15) is 68.7 Å². The molecule has 0 aliphatic heterocycles. The molecule has 5 rings (SSSR count). The third kappa shape index (κ3) is 5.72. The van der Waals surface area contributed by atoms with Gasteiger partial charge in [0.2, 0.25) is 0 Å². The van der Waals surface area contributed by atoms with Gasteiger partial charge in [0.05, 0.1) is 22.6 Å². The van der Waals surface area contributed by atoms with Crippen molar-refractivity contribution in [3.63, 3.8) is 0 Å². The van der Waals surface area contributed by atoms with Crippen molar-refractivity contribution in [2.75, 3.05) is 0 Å². The first-order valence-corrected chi connectivity index (χ1v) is 16.5. The molecule has 268 valence electrons. The van der Waals surface area contributed by atoms with Gasteiger partial charge in [0.1, 0.15) is 24.4 Å². The van der Waals surface area contributed by atoms with Gasteiger partial charge in [-0.25, -0.2) is 9.59 Å². The summed E-state index contributed by atoms with van der Waals surface area (Å²) >= 11 is 0. The summed E-state index contributed by atoms with van der Waals surface area (Å²) in [7, 11) is 0. The third-order valence-corrected chi connectivity index (χ3v) is 11.1. The fourth-order valence-corrected chi connectivity index (χ4v) is 9.19. The monoisotopic (exact) mass is 692 g/mol. The molecule has 0 unspecified atom stereocenters. The summed E-state index contributed by atoms with van der Waals surface area (Å²) in [5, 5.41) is 37.4. The second-order valence-corrected chi connectivity index (χ2v) is 14.7. The maximum Gasteiger partial charge on any atom is 0.338 e. The van der Waals surface area contributed by atoms with Crippen molar-refractivity contribution in [3.05, 3.63) is 84.4 Å². The number of carbonyl (C=O) groups excluding carboxylic acids is 5. The van der Waals surface area contributed by atoms with Gasteiger partial charge in [-0.2, -0.15) is 0 Å². The van der Waals surface area contributed by atoms with Crippen LogP contribution in [0.25, 0.3) is 0 Å². The van der Waals surface area contributed by atoms with E-state index in [1.807, 2.05) is 0 Å². The molecule has 0 saturated heterocycles. The number of benzene rings is 2. The summed E-state index contributed by atoms with van der Waals surface area (Å²) in [6.07, 6.45) is -8.99. The molecule has 0 aromatic heterocycles. The number of ether oxygens (including phenoxy) is 4. The van der Waals surface area contributed by atoms with Gasteiger partial charge in [-0.15, -0.1) is 6.58 Å². The zero-order valence-electron chi connectivity index (χ0n) is 28.9. The van der Waals surface area contributed by atoms with Crippen molar-refractivity contribution in [1.29, 1.82) is 0 Å². The first-order valence-electron chi connectivity index (χ1n) is 16.5. The van der Waals surface area contributed by atoms with E-state index in [1.54, 1.807) is 50.2 Å². The number of ketones is 1. The molecule has 0 amide bonds. The highest BCUT2D eigenvalue weighted by Crippen LogP contribution is 2.67. The zero-order valence-corrected chi connectivity index (χ0v) is 28.9. The molecule has 0 radical (unpaired) electrons. The van der Waals surface area contributed by atoms with Crippen LogP contribution in [0.3, 0.4) is 0 Å². The van der Waals surface area contributed by atoms with Crippen LogP contribution in [0.15, 0.2) is 73.3 Å². The van der Waals surface area contributed by atoms with Gasteiger partial charge in [0, 0.05) is 42.9 Å². The molecular weight excluding hydrogens is 648 g/mol. The van der Waals surface area contributed by atoms with E-state index >= 15 is 0 Å². The molecule has 3 saturated carbocycles. The Bertz CT molecular complexity index is 1670. The van der Waals surface area contributed by atoms with Crippen LogP contribution in [0.4, 0.5) is 0 Å². The number of rotatable bonds is 7. The van der Waals surface area contributed by atoms with E-state index < -0.39 is 100.0 Å². The van der Waals surface area contributed by atoms with E-state index in [9.17, 15) is 39.3 Å². The maximum absolute atomic E-state index is 14.7. The van der Waals surface area contributed by atoms with Crippen molar-refractivity contribution in [3.8, 4) is 0 Å². The molecule has 3 aliphatic rings. The smallest absolute Gasteiger partial charge is 0.338 e. The molecule has 2 aromatic rings. The summed E-state index contributed by atoms with van der Waals surface area (Å²) in [5.41, 5.74) is -7.36. The van der Waals surface area contributed by atoms with Gasteiger partial charge < -0.3 is 34.3 Å². The summed E-state index contributed by atoms with van der Waals surface area (Å²) in [6.45, 7) is 12.2. The average Bonchev–Trinajstić information content (AvgIpc) is 3.06. The molecule has 3 fully saturated rings. The first kappa shape index (κ1) is 36.9. The van der Waals surface area contributed by atoms with E-state index in [4.69, 9.17) is 18.9 Å². The van der Waals surface area contributed by atoms with Crippen molar-refractivity contribution in [2.45, 2.75) is 90.2 Å². The van der Waals surface area contributed by atoms with Gasteiger partial charge in [-0.3, -0.25) is 14.4 Å². The lowest BCUT2D eigenvalue weighted by molar-refractivity contribution is -0.338. The number of hydrogen-bond acceptors (Lipinski definition) is 12. The molecule has 2 aromatic carbocycles. The molecule has 11 atom stereocenters. The van der Waals surface area contributed by atoms with Crippen molar-refractivity contribution in [1.82, 2.24) is 0 Å². The quantitative estimate of drug-likeness (QED) is 0.219. The summed E-state index contributed by atoms with van der Waals surface area (Å²) in [6, 6.07) is 15.9. The molecular formula is C38H44O12. The predicted molar refractivity (Wildman–Crippen MR) is 176 cm³/mol. The van der Waals surface area contributed by atoms with E-state index in [2.05, 4.69) is 6.58 Å². The zero-order chi connectivity index (χ0) is 37.0. The molecule has 0 bridgehead atoms. The fraction of sp³-hybridized carbons (Fsp3) is 0.500. The van der Waals surface area contributed by atoms with Crippen LogP contribution >= 0.6 is 0 Å². The highest BCUT2D eigenvalue weighted by Gasteiger charge is 2.80. The van der Waals surface area contributed by atoms with Crippen LogP contribution in [0.5, 0.6) is 0 Å². The second kappa shape index (κ2) is 13.1. The molecule has 3 aliphatic carbocycles. The first-order chi connectivity index (χ1) is 23.3. The molecule has 50 heavy (non-hydrogen) atoms. The Morgan fingerprint density at radius 1 is 0.720 bits per heavy atom. The lowest BCUT2D eigenvalue weighted by Crippen LogP contribution is -2.84. The van der Waals surface area contributed by atoms with Gasteiger partial charge in [-0.05, 0) is 31.2 Å². The van der Waals surface area contributed by atoms with Crippen LogP contribution in [-0.4, -0.2) is 87.2 Å². The number of aliphatic hydroxyl groups is 3. The largest absolute Gasteiger partial charge is 0.459 e. The second-order valence-electron chi connectivity index (χ2n) is 14.7. The minimum Gasteiger partial charge on any atom is -0.459 e. The minimum absolute atomic E-state index is 0.101. The Morgan fingerprint density at radius 3 is 1.68 bits per heavy atom. The Morgan fingerprint density at radius 2 is 1.20 bits per heavy atom. The highest BCUT2D eigenvalue weighted by molar-refractivity contribution is 5.97. The van der Waals surface area contributed by atoms with Crippen molar-refractivity contribution in [2.24, 2.45) is 28.1 Å². The summed E-state index contributed by atoms with van der Waals surface area (Å²) < 4.78 is 23.5. The topological polar surface area (TPSA) is 183 Å². The molecule has 3 N–H and O–H groups in total. The molecule has 12 nitrogen and oxygen atoms in total. The number of carbonyl (C=O) groups is 5. The lowest BCUT2D eigenvalue weighted by atomic mass is 9.38. The van der Waals surface area contributed by atoms with E-state index in [1.165, 1.54) is 44.2 Å². The van der Waals surface area contributed by atoms with Crippen molar-refractivity contribution >= 4 is 29.7 Å². The van der Waals surface area contributed by atoms with E-state index in [0.29, 0.717) is 0 Å². The maximum atomic E-state index is 14.7. The minimum atomic E-state index is -2.79.